The lowest BCUT2D eigenvalue weighted by Gasteiger charge is -2.27. The zero-order valence-electron chi connectivity index (χ0n) is 22.7. The molecule has 0 aromatic heterocycles. The maximum absolute atomic E-state index is 13.3. The fraction of sp³-hybridized carbons (Fsp3) is 0.290. The van der Waals surface area contributed by atoms with E-state index in [9.17, 15) is 14.7 Å². The monoisotopic (exact) mass is 530 g/mol. The Morgan fingerprint density at radius 1 is 0.949 bits per heavy atom. The predicted molar refractivity (Wildman–Crippen MR) is 149 cm³/mol. The average Bonchev–Trinajstić information content (AvgIpc) is 3.20. The van der Waals surface area contributed by atoms with Gasteiger partial charge >= 0.3 is 0 Å². The van der Waals surface area contributed by atoms with E-state index >= 15 is 0 Å². The smallest absolute Gasteiger partial charge is 0.295 e. The number of Topliss-reactive ketones (excluding diaryl/α,β-unsaturated/α-hetero) is 1. The molecule has 8 nitrogen and oxygen atoms in total. The summed E-state index contributed by atoms with van der Waals surface area (Å²) < 4.78 is 17.2. The van der Waals surface area contributed by atoms with Gasteiger partial charge in [0.15, 0.2) is 11.5 Å². The molecule has 1 amide bonds. The van der Waals surface area contributed by atoms with E-state index < -0.39 is 17.7 Å². The van der Waals surface area contributed by atoms with Gasteiger partial charge in [-0.15, -0.1) is 0 Å². The number of hydrogen-bond acceptors (Lipinski definition) is 7. The molecule has 1 aliphatic rings. The van der Waals surface area contributed by atoms with Gasteiger partial charge in [0.2, 0.25) is 0 Å². The van der Waals surface area contributed by atoms with Crippen LogP contribution in [-0.4, -0.2) is 67.5 Å². The second kappa shape index (κ2) is 12.5. The van der Waals surface area contributed by atoms with Crippen LogP contribution < -0.4 is 14.2 Å². The highest BCUT2D eigenvalue weighted by Gasteiger charge is 2.46. The Balaban J connectivity index is 1.76. The van der Waals surface area contributed by atoms with Crippen molar-refractivity contribution in [2.45, 2.75) is 19.6 Å². The van der Waals surface area contributed by atoms with Crippen molar-refractivity contribution in [2.75, 3.05) is 40.9 Å². The summed E-state index contributed by atoms with van der Waals surface area (Å²) >= 11 is 0. The number of rotatable bonds is 11. The van der Waals surface area contributed by atoms with Crippen LogP contribution in [0, 0.1) is 0 Å². The largest absolute Gasteiger partial charge is 0.507 e. The molecule has 3 aromatic rings. The van der Waals surface area contributed by atoms with Crippen LogP contribution >= 0.6 is 0 Å². The van der Waals surface area contributed by atoms with Gasteiger partial charge in [-0.2, -0.15) is 0 Å². The van der Waals surface area contributed by atoms with Crippen molar-refractivity contribution in [3.05, 3.63) is 95.1 Å². The van der Waals surface area contributed by atoms with Crippen LogP contribution in [0.5, 0.6) is 17.2 Å². The number of likely N-dealkylation sites (N-methyl/N-ethyl adjacent to an activating group) is 1. The number of aliphatic hydroxyl groups excluding tert-OH is 1. The molecule has 1 heterocycles. The summed E-state index contributed by atoms with van der Waals surface area (Å²) in [5.74, 6) is 0.0323. The Labute approximate surface area is 229 Å². The molecule has 0 radical (unpaired) electrons. The van der Waals surface area contributed by atoms with E-state index in [4.69, 9.17) is 14.2 Å². The Bertz CT molecular complexity index is 1330. The molecule has 0 spiro atoms. The Hall–Kier alpha value is -4.30. The first-order valence-corrected chi connectivity index (χ1v) is 12.8. The van der Waals surface area contributed by atoms with Crippen LogP contribution in [0.1, 0.15) is 29.7 Å². The zero-order valence-corrected chi connectivity index (χ0v) is 22.7. The molecule has 1 aliphatic heterocycles. The number of amides is 1. The van der Waals surface area contributed by atoms with Gasteiger partial charge in [0.25, 0.3) is 11.7 Å². The molecule has 1 fully saturated rings. The van der Waals surface area contributed by atoms with Gasteiger partial charge in [0, 0.05) is 18.7 Å². The van der Waals surface area contributed by atoms with Crippen molar-refractivity contribution < 1.29 is 28.9 Å². The van der Waals surface area contributed by atoms with Crippen molar-refractivity contribution in [2.24, 2.45) is 0 Å². The van der Waals surface area contributed by atoms with Gasteiger partial charge in [-0.1, -0.05) is 36.4 Å². The molecule has 204 valence electrons. The van der Waals surface area contributed by atoms with E-state index in [1.54, 1.807) is 43.5 Å². The zero-order chi connectivity index (χ0) is 27.9. The standard InChI is InChI=1S/C31H34N2O6/c1-5-38-26-19-23(13-16-25(26)39-20-21-9-7-6-8-10-21)28-27(29(34)22-11-14-24(37-4)15-12-22)30(35)31(36)33(28)18-17-32(2)3/h6-16,19,28,34H,5,17-18,20H2,1-4H3/b29-27+. The van der Waals surface area contributed by atoms with Crippen LogP contribution in [0.3, 0.4) is 0 Å². The predicted octanol–water partition coefficient (Wildman–Crippen LogP) is 4.66. The summed E-state index contributed by atoms with van der Waals surface area (Å²) in [7, 11) is 5.35. The summed E-state index contributed by atoms with van der Waals surface area (Å²) in [6, 6.07) is 21.1. The minimum atomic E-state index is -0.797. The Morgan fingerprint density at radius 2 is 1.67 bits per heavy atom. The Kier molecular flexibility index (Phi) is 8.88. The molecule has 4 rings (SSSR count). The quantitative estimate of drug-likeness (QED) is 0.219. The summed E-state index contributed by atoms with van der Waals surface area (Å²) in [6.07, 6.45) is 0. The number of nitrogens with zero attached hydrogens (tertiary/aromatic N) is 2. The third kappa shape index (κ3) is 6.23. The lowest BCUT2D eigenvalue weighted by molar-refractivity contribution is -0.140. The van der Waals surface area contributed by atoms with Gasteiger partial charge in [-0.3, -0.25) is 9.59 Å². The summed E-state index contributed by atoms with van der Waals surface area (Å²) in [6.45, 7) is 3.48. The number of hydrogen-bond donors (Lipinski definition) is 1. The number of benzene rings is 3. The van der Waals surface area contributed by atoms with E-state index in [1.807, 2.05) is 62.3 Å². The van der Waals surface area contributed by atoms with Crippen LogP contribution in [0.2, 0.25) is 0 Å². The normalized spacial score (nSPS) is 16.5. The van der Waals surface area contributed by atoms with Crippen LogP contribution in [0.15, 0.2) is 78.4 Å². The minimum absolute atomic E-state index is 0.0318. The molecule has 8 heteroatoms. The lowest BCUT2D eigenvalue weighted by atomic mass is 9.95. The molecule has 0 aliphatic carbocycles. The molecule has 1 N–H and O–H groups in total. The molecule has 39 heavy (non-hydrogen) atoms. The minimum Gasteiger partial charge on any atom is -0.507 e. The van der Waals surface area contributed by atoms with Crippen molar-refractivity contribution in [3.63, 3.8) is 0 Å². The third-order valence-electron chi connectivity index (χ3n) is 6.51. The van der Waals surface area contributed by atoms with E-state index in [0.717, 1.165) is 5.56 Å². The molecular weight excluding hydrogens is 496 g/mol. The maximum atomic E-state index is 13.3. The Morgan fingerprint density at radius 3 is 2.31 bits per heavy atom. The van der Waals surface area contributed by atoms with Gasteiger partial charge in [0.05, 0.1) is 25.3 Å². The van der Waals surface area contributed by atoms with Gasteiger partial charge in [0.1, 0.15) is 18.1 Å². The summed E-state index contributed by atoms with van der Waals surface area (Å²) in [5.41, 5.74) is 2.10. The first-order chi connectivity index (χ1) is 18.8. The second-order valence-electron chi connectivity index (χ2n) is 9.44. The number of ketones is 1. The molecule has 1 saturated heterocycles. The number of ether oxygens (including phenoxy) is 3. The van der Waals surface area contributed by atoms with Gasteiger partial charge in [-0.25, -0.2) is 0 Å². The second-order valence-corrected chi connectivity index (χ2v) is 9.44. The van der Waals surface area contributed by atoms with E-state index in [1.165, 1.54) is 4.90 Å². The lowest BCUT2D eigenvalue weighted by Crippen LogP contribution is -2.35. The molecule has 0 saturated carbocycles. The molecule has 3 aromatic carbocycles. The van der Waals surface area contributed by atoms with Gasteiger partial charge in [-0.05, 0) is 68.5 Å². The van der Waals surface area contributed by atoms with Crippen molar-refractivity contribution in [1.82, 2.24) is 9.80 Å². The number of likely N-dealkylation sites (tertiary alicyclic amines) is 1. The molecule has 0 bridgehead atoms. The molecular formula is C31H34N2O6. The van der Waals surface area contributed by atoms with Crippen molar-refractivity contribution in [3.8, 4) is 17.2 Å². The van der Waals surface area contributed by atoms with Crippen LogP contribution in [0.4, 0.5) is 0 Å². The fourth-order valence-electron chi connectivity index (χ4n) is 4.49. The number of carbonyl (C=O) groups excluding carboxylic acids is 2. The van der Waals surface area contributed by atoms with E-state index in [2.05, 4.69) is 0 Å². The van der Waals surface area contributed by atoms with Crippen molar-refractivity contribution >= 4 is 17.4 Å². The number of methoxy groups -OCH3 is 1. The highest BCUT2D eigenvalue weighted by molar-refractivity contribution is 6.46. The third-order valence-corrected chi connectivity index (χ3v) is 6.51. The van der Waals surface area contributed by atoms with E-state index in [-0.39, 0.29) is 11.3 Å². The number of aliphatic hydroxyl groups is 1. The van der Waals surface area contributed by atoms with Crippen molar-refractivity contribution in [1.29, 1.82) is 0 Å². The highest BCUT2D eigenvalue weighted by Crippen LogP contribution is 2.42. The first-order valence-electron chi connectivity index (χ1n) is 12.8. The molecule has 1 unspecified atom stereocenters. The molecule has 1 atom stereocenters. The maximum Gasteiger partial charge on any atom is 0.295 e. The average molecular weight is 531 g/mol. The fourth-order valence-corrected chi connectivity index (χ4v) is 4.49. The van der Waals surface area contributed by atoms with Crippen LogP contribution in [-0.2, 0) is 16.2 Å². The summed E-state index contributed by atoms with van der Waals surface area (Å²) in [5, 5.41) is 11.3. The number of carbonyl (C=O) groups is 2. The van der Waals surface area contributed by atoms with Crippen LogP contribution in [0.25, 0.3) is 5.76 Å². The highest BCUT2D eigenvalue weighted by atomic mass is 16.5. The topological polar surface area (TPSA) is 88.5 Å². The van der Waals surface area contributed by atoms with E-state index in [0.29, 0.717) is 54.7 Å². The SMILES string of the molecule is CCOc1cc(C2/C(=C(\O)c3ccc(OC)cc3)C(=O)C(=O)N2CCN(C)C)ccc1OCc1ccccc1. The van der Waals surface area contributed by atoms with Gasteiger partial charge < -0.3 is 29.1 Å². The first kappa shape index (κ1) is 27.7. The summed E-state index contributed by atoms with van der Waals surface area (Å²) in [4.78, 5) is 30.0.